The molecule has 3 aliphatic rings. The lowest BCUT2D eigenvalue weighted by molar-refractivity contribution is -0.141. The molecule has 0 aliphatic carbocycles. The van der Waals surface area contributed by atoms with E-state index in [1.54, 1.807) is 4.90 Å². The fourth-order valence-corrected chi connectivity index (χ4v) is 6.22. The Morgan fingerprint density at radius 3 is 2.69 bits per heavy atom. The number of fused-ring (bicyclic) bond motifs is 1. The molecule has 1 aromatic rings. The van der Waals surface area contributed by atoms with Crippen LogP contribution in [0.3, 0.4) is 0 Å². The van der Waals surface area contributed by atoms with Crippen LogP contribution in [0.15, 0.2) is 61.0 Å². The summed E-state index contributed by atoms with van der Waals surface area (Å²) in [6, 6.07) is 8.01. The van der Waals surface area contributed by atoms with Gasteiger partial charge in [-0.3, -0.25) is 4.79 Å². The number of piperidine rings is 1. The molecule has 1 aromatic carbocycles. The molecular weight excluding hydrogens is 526 g/mol. The van der Waals surface area contributed by atoms with Crippen molar-refractivity contribution >= 4 is 12.0 Å². The zero-order valence-corrected chi connectivity index (χ0v) is 26.0. The van der Waals surface area contributed by atoms with Gasteiger partial charge in [0.05, 0.1) is 30.2 Å². The summed E-state index contributed by atoms with van der Waals surface area (Å²) < 4.78 is 11.8. The van der Waals surface area contributed by atoms with E-state index in [1.807, 2.05) is 43.9 Å². The molecule has 0 saturated carbocycles. The molecule has 0 N–H and O–H groups in total. The quantitative estimate of drug-likeness (QED) is 0.294. The maximum atomic E-state index is 14.3. The van der Waals surface area contributed by atoms with E-state index in [4.69, 9.17) is 15.9 Å². The topological polar surface area (TPSA) is 62.3 Å². The minimum atomic E-state index is -0.568. The first-order valence-corrected chi connectivity index (χ1v) is 15.2. The number of amides is 2. The highest BCUT2D eigenvalue weighted by atomic mass is 16.6. The standard InChI is InChI=1S/C35H47N3O4/c1-8-20-35(7,9-2)28-17-14-13-16-27(28)26(3)37-21-15-11-10-12-18-30(37)32(39)36-22-19-29-31(25-36)41-24-23-38(29)33(40)42-34(4,5)6/h2,8,13-18,21,26,29,31H,1,10-12,19-20,22-25H2,3-7H3/b21-15-,30-18-/t26-,29+,31+,35?/m0/s1. The Hall–Kier alpha value is -3.50. The van der Waals surface area contributed by atoms with Gasteiger partial charge in [0.2, 0.25) is 0 Å². The number of ether oxygens (including phenoxy) is 2. The largest absolute Gasteiger partial charge is 0.444 e. The minimum absolute atomic E-state index is 0.0203. The molecule has 2 saturated heterocycles. The maximum absolute atomic E-state index is 14.3. The number of allylic oxidation sites excluding steroid dienone is 3. The van der Waals surface area contributed by atoms with E-state index in [1.165, 1.54) is 0 Å². The molecule has 0 aromatic heterocycles. The van der Waals surface area contributed by atoms with Gasteiger partial charge in [-0.1, -0.05) is 48.4 Å². The number of nitrogens with zero attached hydrogens (tertiary/aromatic N) is 3. The van der Waals surface area contributed by atoms with Crippen LogP contribution in [0.5, 0.6) is 0 Å². The second-order valence-electron chi connectivity index (χ2n) is 12.7. The summed E-state index contributed by atoms with van der Waals surface area (Å²) in [6.45, 7) is 15.6. The first kappa shape index (κ1) is 31.4. The Labute approximate surface area is 252 Å². The fourth-order valence-electron chi connectivity index (χ4n) is 6.22. The van der Waals surface area contributed by atoms with Gasteiger partial charge in [-0.25, -0.2) is 4.79 Å². The molecule has 4 atom stereocenters. The van der Waals surface area contributed by atoms with Crippen LogP contribution in [0.2, 0.25) is 0 Å². The summed E-state index contributed by atoms with van der Waals surface area (Å²) in [5, 5.41) is 0. The Kier molecular flexibility index (Phi) is 9.89. The van der Waals surface area contributed by atoms with Crippen molar-refractivity contribution in [2.24, 2.45) is 0 Å². The minimum Gasteiger partial charge on any atom is -0.444 e. The number of carbonyl (C=O) groups excluding carboxylic acids is 2. The Morgan fingerprint density at radius 1 is 1.21 bits per heavy atom. The Morgan fingerprint density at radius 2 is 1.98 bits per heavy atom. The second kappa shape index (κ2) is 13.2. The van der Waals surface area contributed by atoms with Crippen LogP contribution < -0.4 is 0 Å². The maximum Gasteiger partial charge on any atom is 0.410 e. The molecular formula is C35H47N3O4. The van der Waals surface area contributed by atoms with Gasteiger partial charge in [-0.2, -0.15) is 0 Å². The van der Waals surface area contributed by atoms with Gasteiger partial charge < -0.3 is 24.2 Å². The van der Waals surface area contributed by atoms with Crippen LogP contribution in [-0.4, -0.2) is 70.7 Å². The SMILES string of the molecule is C#CC(C)(CC=C)c1ccccc1[C@H](C)N1/C=C\CCC/C=C\1C(=O)N1CC[C@@H]2[C@@H](C1)OCCN2C(=O)OC(C)(C)C. The first-order chi connectivity index (χ1) is 20.0. The summed E-state index contributed by atoms with van der Waals surface area (Å²) in [4.78, 5) is 33.0. The van der Waals surface area contributed by atoms with Crippen molar-refractivity contribution in [2.75, 3.05) is 26.2 Å². The van der Waals surface area contributed by atoms with Crippen LogP contribution >= 0.6 is 0 Å². The van der Waals surface area contributed by atoms with Crippen molar-refractivity contribution in [2.45, 2.75) is 95.9 Å². The number of carbonyl (C=O) groups is 2. The number of morpholine rings is 1. The predicted molar refractivity (Wildman–Crippen MR) is 166 cm³/mol. The van der Waals surface area contributed by atoms with Gasteiger partial charge >= 0.3 is 6.09 Å². The zero-order valence-electron chi connectivity index (χ0n) is 26.0. The lowest BCUT2D eigenvalue weighted by Gasteiger charge is -2.47. The Bertz CT molecular complexity index is 1260. The van der Waals surface area contributed by atoms with Gasteiger partial charge in [0, 0.05) is 25.8 Å². The number of benzene rings is 1. The molecule has 0 radical (unpaired) electrons. The second-order valence-corrected chi connectivity index (χ2v) is 12.7. The molecule has 42 heavy (non-hydrogen) atoms. The molecule has 7 nitrogen and oxygen atoms in total. The van der Waals surface area contributed by atoms with Gasteiger partial charge in [0.15, 0.2) is 0 Å². The molecule has 4 rings (SSSR count). The van der Waals surface area contributed by atoms with Crippen LogP contribution in [-0.2, 0) is 19.7 Å². The molecule has 7 heteroatoms. The number of rotatable bonds is 6. The summed E-state index contributed by atoms with van der Waals surface area (Å²) >= 11 is 0. The molecule has 226 valence electrons. The van der Waals surface area contributed by atoms with Gasteiger partial charge in [-0.05, 0) is 77.8 Å². The lowest BCUT2D eigenvalue weighted by atomic mass is 9.76. The molecule has 2 amide bonds. The zero-order chi connectivity index (χ0) is 30.5. The van der Waals surface area contributed by atoms with Gasteiger partial charge in [0.1, 0.15) is 11.3 Å². The van der Waals surface area contributed by atoms with Gasteiger partial charge in [-0.15, -0.1) is 13.0 Å². The molecule has 0 bridgehead atoms. The molecule has 3 heterocycles. The number of hydrogen-bond acceptors (Lipinski definition) is 5. The summed E-state index contributed by atoms with van der Waals surface area (Å²) in [6.07, 6.45) is 17.7. The van der Waals surface area contributed by atoms with Crippen molar-refractivity contribution in [1.29, 1.82) is 0 Å². The fraction of sp³-hybridized carbons (Fsp3) is 0.543. The van der Waals surface area contributed by atoms with Crippen molar-refractivity contribution in [3.63, 3.8) is 0 Å². The molecule has 1 unspecified atom stereocenters. The van der Waals surface area contributed by atoms with E-state index < -0.39 is 11.0 Å². The average molecular weight is 574 g/mol. The van der Waals surface area contributed by atoms with Gasteiger partial charge in [0.25, 0.3) is 5.91 Å². The van der Waals surface area contributed by atoms with E-state index >= 15 is 0 Å². The van der Waals surface area contributed by atoms with Crippen molar-refractivity contribution in [1.82, 2.24) is 14.7 Å². The first-order valence-electron chi connectivity index (χ1n) is 15.2. The highest BCUT2D eigenvalue weighted by Crippen LogP contribution is 2.37. The molecule has 0 spiro atoms. The molecule has 3 aliphatic heterocycles. The predicted octanol–water partition coefficient (Wildman–Crippen LogP) is 6.33. The highest BCUT2D eigenvalue weighted by molar-refractivity contribution is 5.93. The summed E-state index contributed by atoms with van der Waals surface area (Å²) in [5.74, 6) is 2.98. The smallest absolute Gasteiger partial charge is 0.410 e. The number of terminal acetylenes is 1. The lowest BCUT2D eigenvalue weighted by Crippen LogP contribution is -2.62. The van der Waals surface area contributed by atoms with Crippen LogP contribution in [0.4, 0.5) is 4.79 Å². The van der Waals surface area contributed by atoms with Crippen molar-refractivity contribution in [3.8, 4) is 12.3 Å². The van der Waals surface area contributed by atoms with Crippen molar-refractivity contribution in [3.05, 3.63) is 72.1 Å². The Balaban J connectivity index is 1.58. The highest BCUT2D eigenvalue weighted by Gasteiger charge is 2.42. The third-order valence-electron chi connectivity index (χ3n) is 8.47. The van der Waals surface area contributed by atoms with E-state index in [0.717, 1.165) is 30.4 Å². The number of likely N-dealkylation sites (tertiary alicyclic amines) is 1. The third-order valence-corrected chi connectivity index (χ3v) is 8.47. The van der Waals surface area contributed by atoms with E-state index in [9.17, 15) is 9.59 Å². The number of hydrogen-bond donors (Lipinski definition) is 0. The third kappa shape index (κ3) is 6.93. The van der Waals surface area contributed by atoms with Crippen LogP contribution in [0, 0.1) is 12.3 Å². The van der Waals surface area contributed by atoms with E-state index in [-0.39, 0.29) is 30.2 Å². The average Bonchev–Trinajstić information content (AvgIpc) is 2.95. The van der Waals surface area contributed by atoms with E-state index in [0.29, 0.717) is 44.8 Å². The summed E-state index contributed by atoms with van der Waals surface area (Å²) in [7, 11) is 0. The normalized spacial score (nSPS) is 25.3. The summed E-state index contributed by atoms with van der Waals surface area (Å²) in [5.41, 5.74) is 1.75. The van der Waals surface area contributed by atoms with E-state index in [2.05, 4.69) is 61.7 Å². The monoisotopic (exact) mass is 573 g/mol. The van der Waals surface area contributed by atoms with Crippen molar-refractivity contribution < 1.29 is 19.1 Å². The van der Waals surface area contributed by atoms with Crippen LogP contribution in [0.1, 0.15) is 83.9 Å². The van der Waals surface area contributed by atoms with Crippen LogP contribution in [0.25, 0.3) is 0 Å². The molecule has 2 fully saturated rings.